The van der Waals surface area contributed by atoms with Crippen LogP contribution in [0.2, 0.25) is 0 Å². The van der Waals surface area contributed by atoms with E-state index in [0.29, 0.717) is 12.5 Å². The SMILES string of the molecule is Cc1cccc(CNC(=O)C2NCCCC2C)n1. The molecule has 0 aliphatic carbocycles. The van der Waals surface area contributed by atoms with E-state index in [0.717, 1.165) is 30.8 Å². The fourth-order valence-electron chi connectivity index (χ4n) is 2.39. The first-order valence-electron chi connectivity index (χ1n) is 6.60. The third-order valence-corrected chi connectivity index (χ3v) is 3.44. The number of aromatic nitrogens is 1. The van der Waals surface area contributed by atoms with Crippen LogP contribution < -0.4 is 10.6 Å². The van der Waals surface area contributed by atoms with E-state index >= 15 is 0 Å². The quantitative estimate of drug-likeness (QED) is 0.849. The fraction of sp³-hybridized carbons (Fsp3) is 0.571. The van der Waals surface area contributed by atoms with E-state index in [4.69, 9.17) is 0 Å². The summed E-state index contributed by atoms with van der Waals surface area (Å²) in [6.07, 6.45) is 2.28. The van der Waals surface area contributed by atoms with Gasteiger partial charge in [-0.1, -0.05) is 13.0 Å². The molecular weight excluding hydrogens is 226 g/mol. The summed E-state index contributed by atoms with van der Waals surface area (Å²) in [6.45, 7) is 5.52. The number of hydrogen-bond acceptors (Lipinski definition) is 3. The highest BCUT2D eigenvalue weighted by Gasteiger charge is 2.26. The number of carbonyl (C=O) groups is 1. The highest BCUT2D eigenvalue weighted by atomic mass is 16.2. The van der Waals surface area contributed by atoms with Crippen molar-refractivity contribution in [2.24, 2.45) is 5.92 Å². The van der Waals surface area contributed by atoms with E-state index < -0.39 is 0 Å². The second-order valence-corrected chi connectivity index (χ2v) is 5.04. The van der Waals surface area contributed by atoms with Gasteiger partial charge in [-0.15, -0.1) is 0 Å². The van der Waals surface area contributed by atoms with Gasteiger partial charge in [0, 0.05) is 5.69 Å². The number of nitrogens with zero attached hydrogens (tertiary/aromatic N) is 1. The smallest absolute Gasteiger partial charge is 0.237 e. The lowest BCUT2D eigenvalue weighted by Crippen LogP contribution is -2.50. The molecule has 4 nitrogen and oxygen atoms in total. The second kappa shape index (κ2) is 5.96. The predicted molar refractivity (Wildman–Crippen MR) is 71.0 cm³/mol. The normalized spacial score (nSPS) is 23.7. The lowest BCUT2D eigenvalue weighted by atomic mass is 9.92. The summed E-state index contributed by atoms with van der Waals surface area (Å²) in [5, 5.41) is 6.25. The van der Waals surface area contributed by atoms with Crippen molar-refractivity contribution in [3.05, 3.63) is 29.6 Å². The van der Waals surface area contributed by atoms with Gasteiger partial charge in [-0.05, 0) is 44.4 Å². The number of aryl methyl sites for hydroxylation is 1. The molecular formula is C14H21N3O. The highest BCUT2D eigenvalue weighted by molar-refractivity contribution is 5.82. The van der Waals surface area contributed by atoms with Crippen molar-refractivity contribution < 1.29 is 4.79 Å². The number of rotatable bonds is 3. The summed E-state index contributed by atoms with van der Waals surface area (Å²) >= 11 is 0. The molecule has 0 spiro atoms. The number of piperidine rings is 1. The van der Waals surface area contributed by atoms with Crippen molar-refractivity contribution in [1.82, 2.24) is 15.6 Å². The van der Waals surface area contributed by atoms with Gasteiger partial charge >= 0.3 is 0 Å². The second-order valence-electron chi connectivity index (χ2n) is 5.04. The Balaban J connectivity index is 1.88. The summed E-state index contributed by atoms with van der Waals surface area (Å²) in [5.41, 5.74) is 1.89. The zero-order chi connectivity index (χ0) is 13.0. The molecule has 2 atom stereocenters. The van der Waals surface area contributed by atoms with Gasteiger partial charge in [-0.3, -0.25) is 9.78 Å². The Bertz CT molecular complexity index is 419. The molecule has 0 saturated carbocycles. The van der Waals surface area contributed by atoms with Crippen LogP contribution in [0.1, 0.15) is 31.2 Å². The molecule has 2 N–H and O–H groups in total. The first kappa shape index (κ1) is 13.0. The summed E-state index contributed by atoms with van der Waals surface area (Å²) < 4.78 is 0. The summed E-state index contributed by atoms with van der Waals surface area (Å²) in [6, 6.07) is 5.80. The van der Waals surface area contributed by atoms with Gasteiger partial charge in [0.1, 0.15) is 0 Å². The van der Waals surface area contributed by atoms with Crippen molar-refractivity contribution >= 4 is 5.91 Å². The number of pyridine rings is 1. The molecule has 1 fully saturated rings. The average molecular weight is 247 g/mol. The summed E-state index contributed by atoms with van der Waals surface area (Å²) in [7, 11) is 0. The van der Waals surface area contributed by atoms with Gasteiger partial charge in [-0.25, -0.2) is 0 Å². The lowest BCUT2D eigenvalue weighted by Gasteiger charge is -2.28. The Kier molecular flexibility index (Phi) is 4.31. The van der Waals surface area contributed by atoms with E-state index in [1.54, 1.807) is 0 Å². The van der Waals surface area contributed by atoms with Crippen molar-refractivity contribution in [1.29, 1.82) is 0 Å². The summed E-state index contributed by atoms with van der Waals surface area (Å²) in [4.78, 5) is 16.4. The average Bonchev–Trinajstić information content (AvgIpc) is 2.37. The van der Waals surface area contributed by atoms with Crippen LogP contribution in [0.25, 0.3) is 0 Å². The zero-order valence-electron chi connectivity index (χ0n) is 11.1. The Morgan fingerprint density at radius 3 is 3.11 bits per heavy atom. The van der Waals surface area contributed by atoms with Crippen LogP contribution in [-0.2, 0) is 11.3 Å². The lowest BCUT2D eigenvalue weighted by molar-refractivity contribution is -0.125. The zero-order valence-corrected chi connectivity index (χ0v) is 11.1. The molecule has 98 valence electrons. The maximum absolute atomic E-state index is 12.1. The third kappa shape index (κ3) is 3.29. The molecule has 0 aromatic carbocycles. The van der Waals surface area contributed by atoms with Crippen LogP contribution in [-0.4, -0.2) is 23.5 Å². The molecule has 4 heteroatoms. The van der Waals surface area contributed by atoms with Crippen molar-refractivity contribution in [3.63, 3.8) is 0 Å². The molecule has 2 unspecified atom stereocenters. The van der Waals surface area contributed by atoms with Crippen molar-refractivity contribution in [2.75, 3.05) is 6.54 Å². The Morgan fingerprint density at radius 2 is 2.39 bits per heavy atom. The van der Waals surface area contributed by atoms with Crippen LogP contribution in [0.3, 0.4) is 0 Å². The molecule has 1 aliphatic heterocycles. The number of hydrogen-bond donors (Lipinski definition) is 2. The van der Waals surface area contributed by atoms with Gasteiger partial charge in [0.05, 0.1) is 18.3 Å². The topological polar surface area (TPSA) is 54.0 Å². The van der Waals surface area contributed by atoms with Crippen LogP contribution in [0.4, 0.5) is 0 Å². The third-order valence-electron chi connectivity index (χ3n) is 3.44. The molecule has 2 rings (SSSR count). The summed E-state index contributed by atoms with van der Waals surface area (Å²) in [5.74, 6) is 0.495. The monoisotopic (exact) mass is 247 g/mol. The number of amides is 1. The van der Waals surface area contributed by atoms with E-state index in [-0.39, 0.29) is 11.9 Å². The predicted octanol–water partition coefficient (Wildman–Crippen LogP) is 1.39. The minimum Gasteiger partial charge on any atom is -0.349 e. The largest absolute Gasteiger partial charge is 0.349 e. The van der Waals surface area contributed by atoms with Crippen molar-refractivity contribution in [2.45, 2.75) is 39.3 Å². The van der Waals surface area contributed by atoms with Crippen LogP contribution in [0, 0.1) is 12.8 Å². The van der Waals surface area contributed by atoms with Gasteiger partial charge in [0.25, 0.3) is 0 Å². The van der Waals surface area contributed by atoms with Crippen molar-refractivity contribution in [3.8, 4) is 0 Å². The molecule has 0 radical (unpaired) electrons. The highest BCUT2D eigenvalue weighted by Crippen LogP contribution is 2.15. The number of carbonyl (C=O) groups excluding carboxylic acids is 1. The molecule has 2 heterocycles. The molecule has 1 aromatic rings. The Hall–Kier alpha value is -1.42. The Labute approximate surface area is 108 Å². The molecule has 1 saturated heterocycles. The first-order valence-corrected chi connectivity index (χ1v) is 6.60. The fourth-order valence-corrected chi connectivity index (χ4v) is 2.39. The maximum Gasteiger partial charge on any atom is 0.237 e. The van der Waals surface area contributed by atoms with Gasteiger partial charge in [0.2, 0.25) is 5.91 Å². The van der Waals surface area contributed by atoms with Gasteiger partial charge in [0.15, 0.2) is 0 Å². The molecule has 18 heavy (non-hydrogen) atoms. The van der Waals surface area contributed by atoms with Crippen LogP contribution in [0.15, 0.2) is 18.2 Å². The van der Waals surface area contributed by atoms with Crippen LogP contribution >= 0.6 is 0 Å². The standard InChI is InChI=1S/C14H21N3O/c1-10-5-4-8-15-13(10)14(18)16-9-12-7-3-6-11(2)17-12/h3,6-7,10,13,15H,4-5,8-9H2,1-2H3,(H,16,18). The van der Waals surface area contributed by atoms with Crippen LogP contribution in [0.5, 0.6) is 0 Å². The van der Waals surface area contributed by atoms with E-state index in [1.165, 1.54) is 0 Å². The molecule has 0 bridgehead atoms. The maximum atomic E-state index is 12.1. The molecule has 1 aromatic heterocycles. The number of nitrogens with one attached hydrogen (secondary N) is 2. The first-order chi connectivity index (χ1) is 8.66. The van der Waals surface area contributed by atoms with Gasteiger partial charge < -0.3 is 10.6 Å². The minimum absolute atomic E-state index is 0.0523. The van der Waals surface area contributed by atoms with Gasteiger partial charge in [-0.2, -0.15) is 0 Å². The van der Waals surface area contributed by atoms with E-state index in [2.05, 4.69) is 22.5 Å². The molecule has 1 amide bonds. The van der Waals surface area contributed by atoms with E-state index in [9.17, 15) is 4.79 Å². The molecule has 1 aliphatic rings. The van der Waals surface area contributed by atoms with E-state index in [1.807, 2.05) is 25.1 Å². The Morgan fingerprint density at radius 1 is 1.56 bits per heavy atom. The minimum atomic E-state index is -0.0523.